The molecule has 1 unspecified atom stereocenters. The standard InChI is InChI=1S/C19H29NO4/c1-6-19(4,18(22)23-5)20-17(21)9-7-8-12-24-16-13-14(2)10-11-15(16)3/h10-11,13H,6-9,12H2,1-5H3,(H,20,21). The van der Waals surface area contributed by atoms with Crippen molar-refractivity contribution >= 4 is 11.9 Å². The molecule has 5 nitrogen and oxygen atoms in total. The van der Waals surface area contributed by atoms with E-state index in [2.05, 4.69) is 11.4 Å². The molecule has 1 aromatic carbocycles. The average Bonchev–Trinajstić information content (AvgIpc) is 2.56. The van der Waals surface area contributed by atoms with Gasteiger partial charge in [-0.25, -0.2) is 4.79 Å². The molecule has 0 fully saturated rings. The van der Waals surface area contributed by atoms with Crippen molar-refractivity contribution in [3.63, 3.8) is 0 Å². The molecule has 24 heavy (non-hydrogen) atoms. The molecule has 0 aliphatic heterocycles. The van der Waals surface area contributed by atoms with Gasteiger partial charge in [-0.3, -0.25) is 4.79 Å². The molecule has 134 valence electrons. The summed E-state index contributed by atoms with van der Waals surface area (Å²) in [5.74, 6) is 0.330. The summed E-state index contributed by atoms with van der Waals surface area (Å²) < 4.78 is 10.5. The highest BCUT2D eigenvalue weighted by atomic mass is 16.5. The summed E-state index contributed by atoms with van der Waals surface area (Å²) in [5.41, 5.74) is 1.31. The number of nitrogens with one attached hydrogen (secondary N) is 1. The van der Waals surface area contributed by atoms with Gasteiger partial charge in [0.05, 0.1) is 13.7 Å². The minimum Gasteiger partial charge on any atom is -0.493 e. The van der Waals surface area contributed by atoms with Crippen LogP contribution < -0.4 is 10.1 Å². The summed E-state index contributed by atoms with van der Waals surface area (Å²) in [7, 11) is 1.33. The van der Waals surface area contributed by atoms with Crippen molar-refractivity contribution in [2.45, 2.75) is 58.9 Å². The lowest BCUT2D eigenvalue weighted by molar-refractivity contribution is -0.150. The molecule has 0 heterocycles. The van der Waals surface area contributed by atoms with Gasteiger partial charge in [-0.2, -0.15) is 0 Å². The Morgan fingerprint density at radius 2 is 1.92 bits per heavy atom. The number of esters is 1. The summed E-state index contributed by atoms with van der Waals surface area (Å²) in [5, 5.41) is 2.76. The number of benzene rings is 1. The van der Waals surface area contributed by atoms with E-state index in [0.29, 0.717) is 25.9 Å². The fourth-order valence-corrected chi connectivity index (χ4v) is 2.31. The lowest BCUT2D eigenvalue weighted by atomic mass is 9.98. The van der Waals surface area contributed by atoms with E-state index in [1.165, 1.54) is 7.11 Å². The van der Waals surface area contributed by atoms with Gasteiger partial charge in [0.1, 0.15) is 11.3 Å². The van der Waals surface area contributed by atoms with E-state index in [-0.39, 0.29) is 5.91 Å². The van der Waals surface area contributed by atoms with Gasteiger partial charge in [-0.05, 0) is 57.2 Å². The Bertz CT molecular complexity index is 570. The van der Waals surface area contributed by atoms with E-state index in [1.807, 2.05) is 32.9 Å². The largest absolute Gasteiger partial charge is 0.493 e. The highest BCUT2D eigenvalue weighted by Gasteiger charge is 2.33. The maximum atomic E-state index is 12.0. The zero-order chi connectivity index (χ0) is 18.2. The third kappa shape index (κ3) is 5.87. The molecule has 1 atom stereocenters. The molecule has 1 rings (SSSR count). The highest BCUT2D eigenvalue weighted by Crippen LogP contribution is 2.19. The molecule has 0 spiro atoms. The van der Waals surface area contributed by atoms with Crippen molar-refractivity contribution in [1.29, 1.82) is 0 Å². The summed E-state index contributed by atoms with van der Waals surface area (Å²) >= 11 is 0. The second-order valence-electron chi connectivity index (χ2n) is 6.30. The molecule has 0 radical (unpaired) electrons. The Labute approximate surface area is 144 Å². The third-order valence-corrected chi connectivity index (χ3v) is 4.16. The van der Waals surface area contributed by atoms with Gasteiger partial charge in [0.15, 0.2) is 0 Å². The van der Waals surface area contributed by atoms with Gasteiger partial charge in [0.25, 0.3) is 0 Å². The van der Waals surface area contributed by atoms with Crippen LogP contribution in [0.5, 0.6) is 5.75 Å². The smallest absolute Gasteiger partial charge is 0.331 e. The van der Waals surface area contributed by atoms with Crippen LogP contribution >= 0.6 is 0 Å². The third-order valence-electron chi connectivity index (χ3n) is 4.16. The van der Waals surface area contributed by atoms with Gasteiger partial charge in [0.2, 0.25) is 5.91 Å². The zero-order valence-corrected chi connectivity index (χ0v) is 15.4. The van der Waals surface area contributed by atoms with Crippen LogP contribution in [0.15, 0.2) is 18.2 Å². The molecule has 1 aromatic rings. The Kier molecular flexibility index (Phi) is 7.75. The number of methoxy groups -OCH3 is 1. The summed E-state index contributed by atoms with van der Waals surface area (Å²) in [6.45, 7) is 8.14. The second kappa shape index (κ2) is 9.30. The molecule has 0 aliphatic rings. The van der Waals surface area contributed by atoms with Crippen molar-refractivity contribution < 1.29 is 19.1 Å². The first-order valence-corrected chi connectivity index (χ1v) is 8.42. The fourth-order valence-electron chi connectivity index (χ4n) is 2.31. The predicted molar refractivity (Wildman–Crippen MR) is 94.1 cm³/mol. The van der Waals surface area contributed by atoms with Crippen LogP contribution in [0, 0.1) is 13.8 Å². The molecule has 1 amide bonds. The molecular weight excluding hydrogens is 306 g/mol. The zero-order valence-electron chi connectivity index (χ0n) is 15.4. The quantitative estimate of drug-likeness (QED) is 0.555. The van der Waals surface area contributed by atoms with Crippen LogP contribution in [0.2, 0.25) is 0 Å². The molecule has 0 saturated carbocycles. The van der Waals surface area contributed by atoms with Crippen LogP contribution in [-0.2, 0) is 14.3 Å². The van der Waals surface area contributed by atoms with E-state index < -0.39 is 11.5 Å². The molecule has 0 bridgehead atoms. The van der Waals surface area contributed by atoms with Crippen LogP contribution in [0.25, 0.3) is 0 Å². The lowest BCUT2D eigenvalue weighted by Crippen LogP contribution is -2.52. The SMILES string of the molecule is CCC(C)(NC(=O)CCCCOc1cc(C)ccc1C)C(=O)OC. The average molecular weight is 335 g/mol. The second-order valence-corrected chi connectivity index (χ2v) is 6.30. The van der Waals surface area contributed by atoms with Crippen molar-refractivity contribution in [2.75, 3.05) is 13.7 Å². The van der Waals surface area contributed by atoms with E-state index in [4.69, 9.17) is 9.47 Å². The number of aryl methyl sites for hydroxylation is 2. The number of carbonyl (C=O) groups excluding carboxylic acids is 2. The van der Waals surface area contributed by atoms with Crippen LogP contribution in [0.1, 0.15) is 50.7 Å². The van der Waals surface area contributed by atoms with Crippen molar-refractivity contribution in [1.82, 2.24) is 5.32 Å². The Balaban J connectivity index is 2.33. The monoisotopic (exact) mass is 335 g/mol. The molecule has 5 heteroatoms. The highest BCUT2D eigenvalue weighted by molar-refractivity contribution is 5.87. The Morgan fingerprint density at radius 3 is 2.54 bits per heavy atom. The molecular formula is C19H29NO4. The van der Waals surface area contributed by atoms with Crippen LogP contribution in [0.3, 0.4) is 0 Å². The summed E-state index contributed by atoms with van der Waals surface area (Å²) in [4.78, 5) is 23.7. The molecule has 1 N–H and O–H groups in total. The van der Waals surface area contributed by atoms with Crippen molar-refractivity contribution in [2.24, 2.45) is 0 Å². The first kappa shape index (κ1) is 20.0. The van der Waals surface area contributed by atoms with Crippen LogP contribution in [-0.4, -0.2) is 31.1 Å². The van der Waals surface area contributed by atoms with E-state index in [1.54, 1.807) is 6.92 Å². The summed E-state index contributed by atoms with van der Waals surface area (Å²) in [6, 6.07) is 6.11. The molecule has 0 saturated heterocycles. The normalized spacial score (nSPS) is 13.0. The van der Waals surface area contributed by atoms with Gasteiger partial charge in [-0.15, -0.1) is 0 Å². The number of ether oxygens (including phenoxy) is 2. The molecule has 0 aliphatic carbocycles. The first-order valence-electron chi connectivity index (χ1n) is 8.42. The number of unbranched alkanes of at least 4 members (excludes halogenated alkanes) is 1. The number of hydrogen-bond donors (Lipinski definition) is 1. The first-order chi connectivity index (χ1) is 11.3. The van der Waals surface area contributed by atoms with Gasteiger partial charge < -0.3 is 14.8 Å². The maximum Gasteiger partial charge on any atom is 0.331 e. The number of rotatable bonds is 9. The van der Waals surface area contributed by atoms with E-state index in [0.717, 1.165) is 23.3 Å². The van der Waals surface area contributed by atoms with Crippen molar-refractivity contribution in [3.8, 4) is 5.75 Å². The van der Waals surface area contributed by atoms with Gasteiger partial charge >= 0.3 is 5.97 Å². The predicted octanol–water partition coefficient (Wildman–Crippen LogP) is 3.31. The Morgan fingerprint density at radius 1 is 1.21 bits per heavy atom. The van der Waals surface area contributed by atoms with Gasteiger partial charge in [0, 0.05) is 6.42 Å². The number of carbonyl (C=O) groups is 2. The van der Waals surface area contributed by atoms with Gasteiger partial charge in [-0.1, -0.05) is 19.1 Å². The maximum absolute atomic E-state index is 12.0. The van der Waals surface area contributed by atoms with Crippen molar-refractivity contribution in [3.05, 3.63) is 29.3 Å². The number of hydrogen-bond acceptors (Lipinski definition) is 4. The lowest BCUT2D eigenvalue weighted by Gasteiger charge is -2.26. The van der Waals surface area contributed by atoms with E-state index in [9.17, 15) is 9.59 Å². The fraction of sp³-hybridized carbons (Fsp3) is 0.579. The minimum absolute atomic E-state index is 0.142. The Hall–Kier alpha value is -2.04. The minimum atomic E-state index is -0.957. The van der Waals surface area contributed by atoms with Crippen LogP contribution in [0.4, 0.5) is 0 Å². The topological polar surface area (TPSA) is 64.6 Å². The molecule has 0 aromatic heterocycles. The van der Waals surface area contributed by atoms with E-state index >= 15 is 0 Å². The summed E-state index contributed by atoms with van der Waals surface area (Å²) in [6.07, 6.45) is 2.34. The number of amides is 1.